The van der Waals surface area contributed by atoms with Gasteiger partial charge < -0.3 is 30.2 Å². The summed E-state index contributed by atoms with van der Waals surface area (Å²) >= 11 is 0. The molecule has 1 unspecified atom stereocenters. The van der Waals surface area contributed by atoms with Gasteiger partial charge in [-0.05, 0) is 29.3 Å². The second-order valence-electron chi connectivity index (χ2n) is 5.05. The zero-order valence-corrected chi connectivity index (χ0v) is 16.8. The van der Waals surface area contributed by atoms with Crippen LogP contribution in [0.1, 0.15) is 27.2 Å². The van der Waals surface area contributed by atoms with Gasteiger partial charge in [0.1, 0.15) is 19.3 Å². The number of ether oxygens (including phenoxy) is 3. The van der Waals surface area contributed by atoms with Crippen molar-refractivity contribution in [1.82, 2.24) is 16.0 Å². The summed E-state index contributed by atoms with van der Waals surface area (Å²) in [5.74, 6) is -0.281. The molecule has 3 amide bonds. The van der Waals surface area contributed by atoms with E-state index in [9.17, 15) is 14.4 Å². The molecular formula is C15H31N4O6P. The summed E-state index contributed by atoms with van der Waals surface area (Å²) in [6.07, 6.45) is -1.24. The summed E-state index contributed by atoms with van der Waals surface area (Å²) in [7, 11) is 4.05. The third-order valence-corrected chi connectivity index (χ3v) is 3.04. The molecule has 152 valence electrons. The number of carbonyl (C=O) groups is 3. The minimum Gasteiger partial charge on any atom is -0.447 e. The Kier molecular flexibility index (Phi) is 16.6. The highest BCUT2D eigenvalue weighted by molar-refractivity contribution is 7.02. The van der Waals surface area contributed by atoms with Crippen LogP contribution < -0.4 is 16.0 Å². The van der Waals surface area contributed by atoms with E-state index in [4.69, 9.17) is 15.6 Å². The van der Waals surface area contributed by atoms with E-state index < -0.39 is 18.3 Å². The van der Waals surface area contributed by atoms with E-state index in [1.54, 1.807) is 27.8 Å². The lowest BCUT2D eigenvalue weighted by atomic mass is 10.1. The molecule has 4 N–H and O–H groups in total. The number of alkyl carbamates (subject to hydrolysis) is 2. The fourth-order valence-electron chi connectivity index (χ4n) is 1.66. The molecule has 0 aromatic carbocycles. The average molecular weight is 395 g/mol. The SMILES string of the molecule is CCNC(=O)OCC(COC(=O)NCC)OCCC(C)C(=O)NC.[2H]N=P. The highest BCUT2D eigenvalue weighted by atomic mass is 31.0. The molecule has 1 atom stereocenters. The fourth-order valence-corrected chi connectivity index (χ4v) is 1.66. The molecule has 0 spiro atoms. The first-order chi connectivity index (χ1) is 12.9. The average Bonchev–Trinajstić information content (AvgIpc) is 2.63. The Hall–Kier alpha value is -1.93. The van der Waals surface area contributed by atoms with Gasteiger partial charge in [0, 0.05) is 32.7 Å². The molecule has 10 nitrogen and oxygen atoms in total. The highest BCUT2D eigenvalue weighted by Gasteiger charge is 2.17. The predicted molar refractivity (Wildman–Crippen MR) is 98.7 cm³/mol. The van der Waals surface area contributed by atoms with Crippen LogP contribution in [0.15, 0.2) is 0 Å². The quantitative estimate of drug-likeness (QED) is 0.391. The maximum absolute atomic E-state index is 11.4. The van der Waals surface area contributed by atoms with Gasteiger partial charge in [-0.25, -0.2) is 9.59 Å². The van der Waals surface area contributed by atoms with Crippen molar-refractivity contribution in [3.05, 3.63) is 0 Å². The molecule has 0 aromatic rings. The predicted octanol–water partition coefficient (Wildman–Crippen LogP) is 1.53. The van der Waals surface area contributed by atoms with E-state index in [0.29, 0.717) is 19.5 Å². The number of amides is 3. The first-order valence-electron chi connectivity index (χ1n) is 8.76. The number of rotatable bonds is 11. The molecule has 11 heteroatoms. The summed E-state index contributed by atoms with van der Waals surface area (Å²) in [4.78, 5) is 34.1. The summed E-state index contributed by atoms with van der Waals surface area (Å²) in [5.41, 5.74) is 0. The van der Waals surface area contributed by atoms with Crippen molar-refractivity contribution >= 4 is 27.1 Å². The van der Waals surface area contributed by atoms with Crippen LogP contribution in [-0.4, -0.2) is 64.2 Å². The molecule has 0 aromatic heterocycles. The molecule has 0 aliphatic carbocycles. The van der Waals surface area contributed by atoms with Gasteiger partial charge in [0.15, 0.2) is 1.41 Å². The maximum atomic E-state index is 11.4. The smallest absolute Gasteiger partial charge is 0.407 e. The van der Waals surface area contributed by atoms with E-state index in [1.165, 1.54) is 0 Å². The van der Waals surface area contributed by atoms with Crippen molar-refractivity contribution in [1.29, 1.82) is 5.15 Å². The lowest BCUT2D eigenvalue weighted by Crippen LogP contribution is -2.34. The second-order valence-corrected chi connectivity index (χ2v) is 5.05. The Balaban J connectivity index is 0. The standard InChI is InChI=1S/C15H29N3O6.H2NP/c1-5-17-14(20)23-9-12(10-24-15(21)18-6-2)22-8-7-11(3)13(19)16-4;1-2/h11-12H,5-10H2,1-4H3,(H,16,19)(H,17,20)(H,18,21);1-2H/i/hD. The lowest BCUT2D eigenvalue weighted by Gasteiger charge is -2.19. The van der Waals surface area contributed by atoms with Gasteiger partial charge in [-0.1, -0.05) is 6.92 Å². The summed E-state index contributed by atoms with van der Waals surface area (Å²) < 4.78 is 21.3. The lowest BCUT2D eigenvalue weighted by molar-refractivity contribution is -0.124. The third-order valence-electron chi connectivity index (χ3n) is 3.04. The van der Waals surface area contributed by atoms with Crippen LogP contribution in [0.5, 0.6) is 0 Å². The van der Waals surface area contributed by atoms with Crippen molar-refractivity contribution < 1.29 is 30.0 Å². The number of nitrogens with one attached hydrogen (secondary N) is 4. The summed E-state index contributed by atoms with van der Waals surface area (Å²) in [6, 6.07) is 0. The molecule has 0 radical (unpaired) electrons. The van der Waals surface area contributed by atoms with Crippen molar-refractivity contribution in [3.63, 3.8) is 0 Å². The fraction of sp³-hybridized carbons (Fsp3) is 0.800. The van der Waals surface area contributed by atoms with Gasteiger partial charge in [-0.2, -0.15) is 0 Å². The van der Waals surface area contributed by atoms with Gasteiger partial charge in [-0.15, -0.1) is 0 Å². The van der Waals surface area contributed by atoms with Gasteiger partial charge in [0.05, 0.1) is 0 Å². The summed E-state index contributed by atoms with van der Waals surface area (Å²) in [6.45, 7) is 6.39. The van der Waals surface area contributed by atoms with Crippen molar-refractivity contribution in [3.8, 4) is 0 Å². The van der Waals surface area contributed by atoms with E-state index in [2.05, 4.69) is 30.1 Å². The Morgan fingerprint density at radius 3 is 1.96 bits per heavy atom. The third kappa shape index (κ3) is 14.4. The zero-order valence-electron chi connectivity index (χ0n) is 16.8. The van der Waals surface area contributed by atoms with Crippen LogP contribution in [0.2, 0.25) is 1.41 Å². The van der Waals surface area contributed by atoms with Crippen LogP contribution in [-0.2, 0) is 19.0 Å². The summed E-state index contributed by atoms with van der Waals surface area (Å²) in [5, 5.41) is 10.1. The van der Waals surface area contributed by atoms with Crippen LogP contribution in [0.3, 0.4) is 0 Å². The highest BCUT2D eigenvalue weighted by Crippen LogP contribution is 2.05. The van der Waals surface area contributed by atoms with Crippen LogP contribution in [0, 0.1) is 11.1 Å². The minimum atomic E-state index is -0.605. The number of carbonyl (C=O) groups excluding carboxylic acids is 3. The monoisotopic (exact) mass is 395 g/mol. The second kappa shape index (κ2) is 17.9. The molecule has 0 aliphatic rings. The van der Waals surface area contributed by atoms with E-state index in [1.807, 2.05) is 0 Å². The van der Waals surface area contributed by atoms with E-state index in [0.717, 1.165) is 0 Å². The zero-order chi connectivity index (χ0) is 21.1. The number of hydrogen-bond acceptors (Lipinski definition) is 7. The largest absolute Gasteiger partial charge is 0.447 e. The Morgan fingerprint density at radius 2 is 1.58 bits per heavy atom. The molecule has 0 rings (SSSR count). The van der Waals surface area contributed by atoms with Gasteiger partial charge in [0.2, 0.25) is 5.91 Å². The van der Waals surface area contributed by atoms with Crippen LogP contribution in [0.4, 0.5) is 9.59 Å². The van der Waals surface area contributed by atoms with Gasteiger partial charge >= 0.3 is 12.2 Å². The first-order valence-corrected chi connectivity index (χ1v) is 8.76. The Morgan fingerprint density at radius 1 is 1.12 bits per heavy atom. The van der Waals surface area contributed by atoms with Crippen LogP contribution >= 0.6 is 9.03 Å². The molecular weight excluding hydrogens is 363 g/mol. The van der Waals surface area contributed by atoms with E-state index in [-0.39, 0.29) is 31.6 Å². The topological polar surface area (TPSA) is 139 Å². The van der Waals surface area contributed by atoms with Crippen molar-refractivity contribution in [2.75, 3.05) is 40.0 Å². The molecule has 0 fully saturated rings. The molecule has 0 heterocycles. The van der Waals surface area contributed by atoms with Crippen LogP contribution in [0.25, 0.3) is 0 Å². The molecule has 0 aliphatic heterocycles. The first kappa shape index (κ1) is 24.1. The number of hydrogen-bond donors (Lipinski definition) is 4. The van der Waals surface area contributed by atoms with Gasteiger partial charge in [0.25, 0.3) is 0 Å². The molecule has 0 saturated carbocycles. The van der Waals surface area contributed by atoms with Gasteiger partial charge in [-0.3, -0.25) is 9.95 Å². The molecule has 0 saturated heterocycles. The molecule has 26 heavy (non-hydrogen) atoms. The molecule has 0 bridgehead atoms. The Labute approximate surface area is 158 Å². The maximum Gasteiger partial charge on any atom is 0.407 e. The van der Waals surface area contributed by atoms with Crippen molar-refractivity contribution in [2.24, 2.45) is 5.92 Å². The van der Waals surface area contributed by atoms with Crippen molar-refractivity contribution in [2.45, 2.75) is 33.3 Å². The van der Waals surface area contributed by atoms with E-state index >= 15 is 0 Å². The Bertz CT molecular complexity index is 423. The minimum absolute atomic E-state index is 0.0560. The normalized spacial score (nSPS) is 11.2.